The second-order valence-corrected chi connectivity index (χ2v) is 6.08. The third kappa shape index (κ3) is 2.31. The molecule has 0 aliphatic heterocycles. The molecule has 0 radical (unpaired) electrons. The first-order chi connectivity index (χ1) is 8.74. The van der Waals surface area contributed by atoms with Gasteiger partial charge < -0.3 is 5.11 Å². The summed E-state index contributed by atoms with van der Waals surface area (Å²) in [5, 5.41) is 10.4. The predicted molar refractivity (Wildman–Crippen MR) is 81.7 cm³/mol. The second-order valence-electron chi connectivity index (χ2n) is 4.84. The minimum absolute atomic E-state index is 0.507. The van der Waals surface area contributed by atoms with E-state index in [9.17, 15) is 5.11 Å². The third-order valence-corrected chi connectivity index (χ3v) is 4.34. The Morgan fingerprint density at radius 2 is 1.56 bits per heavy atom. The predicted octanol–water partition coefficient (Wildman–Crippen LogP) is 3.86. The molecule has 0 bridgehead atoms. The molecular weight excluding hydrogens is 335 g/mol. The van der Waals surface area contributed by atoms with Crippen LogP contribution in [0.1, 0.15) is 34.8 Å². The van der Waals surface area contributed by atoms with E-state index in [4.69, 9.17) is 0 Å². The maximum absolute atomic E-state index is 10.4. The van der Waals surface area contributed by atoms with Gasteiger partial charge in [-0.3, -0.25) is 0 Å². The number of aliphatic hydroxyl groups excluding tert-OH is 1. The van der Waals surface area contributed by atoms with Crippen molar-refractivity contribution in [2.45, 2.75) is 25.4 Å². The molecule has 18 heavy (non-hydrogen) atoms. The van der Waals surface area contributed by atoms with Crippen LogP contribution in [0.25, 0.3) is 0 Å². The lowest BCUT2D eigenvalue weighted by atomic mass is 9.98. The molecule has 2 heteroatoms. The van der Waals surface area contributed by atoms with Gasteiger partial charge in [-0.25, -0.2) is 0 Å². The van der Waals surface area contributed by atoms with Crippen LogP contribution >= 0.6 is 22.6 Å². The first-order valence-electron chi connectivity index (χ1n) is 6.29. The Bertz CT molecular complexity index is 560. The van der Waals surface area contributed by atoms with Crippen LogP contribution in [0.2, 0.25) is 0 Å². The highest BCUT2D eigenvalue weighted by molar-refractivity contribution is 14.1. The highest BCUT2D eigenvalue weighted by atomic mass is 127. The number of hydrogen-bond acceptors (Lipinski definition) is 1. The van der Waals surface area contributed by atoms with E-state index in [1.807, 2.05) is 24.3 Å². The summed E-state index contributed by atoms with van der Waals surface area (Å²) in [4.78, 5) is 0. The van der Waals surface area contributed by atoms with Crippen molar-refractivity contribution in [2.24, 2.45) is 0 Å². The van der Waals surface area contributed by atoms with Gasteiger partial charge in [-0.1, -0.05) is 30.3 Å². The topological polar surface area (TPSA) is 20.2 Å². The molecule has 0 aromatic heterocycles. The summed E-state index contributed by atoms with van der Waals surface area (Å²) in [6, 6.07) is 14.5. The number of benzene rings is 2. The van der Waals surface area contributed by atoms with Gasteiger partial charge >= 0.3 is 0 Å². The summed E-state index contributed by atoms with van der Waals surface area (Å²) in [5.74, 6) is 0. The molecule has 2 aromatic carbocycles. The average molecular weight is 350 g/mol. The third-order valence-electron chi connectivity index (χ3n) is 3.62. The fourth-order valence-electron chi connectivity index (χ4n) is 2.60. The van der Waals surface area contributed by atoms with Gasteiger partial charge in [-0.05, 0) is 76.2 Å². The first kappa shape index (κ1) is 12.2. The van der Waals surface area contributed by atoms with Crippen LogP contribution in [0.15, 0.2) is 42.5 Å². The molecule has 1 unspecified atom stereocenters. The van der Waals surface area contributed by atoms with Crippen molar-refractivity contribution in [1.29, 1.82) is 0 Å². The molecule has 1 N–H and O–H groups in total. The molecule has 0 amide bonds. The number of fused-ring (bicyclic) bond motifs is 1. The van der Waals surface area contributed by atoms with Crippen molar-refractivity contribution in [3.8, 4) is 0 Å². The quantitative estimate of drug-likeness (QED) is 0.816. The van der Waals surface area contributed by atoms with Crippen LogP contribution in [0, 0.1) is 3.57 Å². The standard InChI is InChI=1S/C16H15IO/c17-15-8-6-12(7-9-15)16(18)14-5-4-11-2-1-3-13(11)10-14/h4-10,16,18H,1-3H2. The van der Waals surface area contributed by atoms with Crippen LogP contribution in [0.4, 0.5) is 0 Å². The van der Waals surface area contributed by atoms with Gasteiger partial charge in [-0.2, -0.15) is 0 Å². The molecule has 92 valence electrons. The van der Waals surface area contributed by atoms with Crippen LogP contribution in [0.3, 0.4) is 0 Å². The van der Waals surface area contributed by atoms with E-state index in [0.29, 0.717) is 0 Å². The monoisotopic (exact) mass is 350 g/mol. The average Bonchev–Trinajstić information content (AvgIpc) is 2.86. The minimum Gasteiger partial charge on any atom is -0.384 e. The summed E-state index contributed by atoms with van der Waals surface area (Å²) in [7, 11) is 0. The largest absolute Gasteiger partial charge is 0.384 e. The van der Waals surface area contributed by atoms with Gasteiger partial charge in [0, 0.05) is 3.57 Å². The lowest BCUT2D eigenvalue weighted by Gasteiger charge is -2.13. The summed E-state index contributed by atoms with van der Waals surface area (Å²) in [6.07, 6.45) is 3.09. The van der Waals surface area contributed by atoms with Gasteiger partial charge in [-0.15, -0.1) is 0 Å². The Balaban J connectivity index is 1.92. The molecule has 1 aliphatic rings. The summed E-state index contributed by atoms with van der Waals surface area (Å²) in [5.41, 5.74) is 4.84. The number of aliphatic hydroxyl groups is 1. The Morgan fingerprint density at radius 3 is 2.33 bits per heavy atom. The van der Waals surface area contributed by atoms with E-state index < -0.39 is 6.10 Å². The molecule has 1 nitrogen and oxygen atoms in total. The SMILES string of the molecule is OC(c1ccc(I)cc1)c1ccc2c(c1)CCC2. The van der Waals surface area contributed by atoms with Crippen molar-refractivity contribution in [1.82, 2.24) is 0 Å². The van der Waals surface area contributed by atoms with E-state index in [1.165, 1.54) is 27.5 Å². The fourth-order valence-corrected chi connectivity index (χ4v) is 2.96. The smallest absolute Gasteiger partial charge is 0.104 e. The van der Waals surface area contributed by atoms with Crippen LogP contribution in [0.5, 0.6) is 0 Å². The minimum atomic E-state index is -0.507. The summed E-state index contributed by atoms with van der Waals surface area (Å²) < 4.78 is 1.19. The van der Waals surface area contributed by atoms with Crippen molar-refractivity contribution < 1.29 is 5.11 Å². The number of hydrogen-bond donors (Lipinski definition) is 1. The summed E-state index contributed by atoms with van der Waals surface area (Å²) in [6.45, 7) is 0. The Kier molecular flexibility index (Phi) is 3.39. The molecule has 3 rings (SSSR count). The molecule has 1 atom stereocenters. The number of halogens is 1. The van der Waals surface area contributed by atoms with Crippen molar-refractivity contribution in [3.63, 3.8) is 0 Å². The maximum atomic E-state index is 10.4. The first-order valence-corrected chi connectivity index (χ1v) is 7.37. The van der Waals surface area contributed by atoms with Gasteiger partial charge in [0.15, 0.2) is 0 Å². The van der Waals surface area contributed by atoms with E-state index in [2.05, 4.69) is 40.8 Å². The molecule has 0 saturated carbocycles. The fraction of sp³-hybridized carbons (Fsp3) is 0.250. The zero-order valence-corrected chi connectivity index (χ0v) is 12.2. The summed E-state index contributed by atoms with van der Waals surface area (Å²) >= 11 is 2.28. The van der Waals surface area contributed by atoms with Gasteiger partial charge in [0.2, 0.25) is 0 Å². The molecule has 0 spiro atoms. The molecule has 0 fully saturated rings. The van der Waals surface area contributed by atoms with Gasteiger partial charge in [0.25, 0.3) is 0 Å². The molecule has 0 heterocycles. The lowest BCUT2D eigenvalue weighted by molar-refractivity contribution is 0.220. The Morgan fingerprint density at radius 1 is 0.889 bits per heavy atom. The Labute approximate surface area is 121 Å². The molecule has 2 aromatic rings. The van der Waals surface area contributed by atoms with Gasteiger partial charge in [0.1, 0.15) is 6.10 Å². The van der Waals surface area contributed by atoms with Crippen LogP contribution < -0.4 is 0 Å². The van der Waals surface area contributed by atoms with Crippen molar-refractivity contribution >= 4 is 22.6 Å². The van der Waals surface area contributed by atoms with E-state index in [0.717, 1.165) is 17.5 Å². The Hall–Kier alpha value is -0.870. The normalized spacial score (nSPS) is 15.4. The molecular formula is C16H15IO. The van der Waals surface area contributed by atoms with E-state index in [-0.39, 0.29) is 0 Å². The number of aryl methyl sites for hydroxylation is 2. The highest BCUT2D eigenvalue weighted by Crippen LogP contribution is 2.28. The zero-order valence-electron chi connectivity index (χ0n) is 10.1. The van der Waals surface area contributed by atoms with Crippen molar-refractivity contribution in [3.05, 3.63) is 68.3 Å². The van der Waals surface area contributed by atoms with Gasteiger partial charge in [0.05, 0.1) is 0 Å². The highest BCUT2D eigenvalue weighted by Gasteiger charge is 2.15. The van der Waals surface area contributed by atoms with Crippen LogP contribution in [-0.4, -0.2) is 5.11 Å². The lowest BCUT2D eigenvalue weighted by Crippen LogP contribution is -2.00. The zero-order chi connectivity index (χ0) is 12.5. The van der Waals surface area contributed by atoms with Crippen molar-refractivity contribution in [2.75, 3.05) is 0 Å². The second kappa shape index (κ2) is 5.02. The molecule has 1 aliphatic carbocycles. The number of rotatable bonds is 2. The molecule has 0 saturated heterocycles. The van der Waals surface area contributed by atoms with E-state index >= 15 is 0 Å². The van der Waals surface area contributed by atoms with E-state index in [1.54, 1.807) is 0 Å². The maximum Gasteiger partial charge on any atom is 0.104 e. The van der Waals surface area contributed by atoms with Crippen LogP contribution in [-0.2, 0) is 12.8 Å².